The molecule has 4 rings (SSSR count). The molecule has 0 aromatic carbocycles. The van der Waals surface area contributed by atoms with E-state index in [0.717, 1.165) is 17.8 Å². The zero-order valence-corrected chi connectivity index (χ0v) is 18.8. The van der Waals surface area contributed by atoms with Crippen molar-refractivity contribution in [3.8, 4) is 22.5 Å². The number of nitriles is 1. The molecular weight excluding hydrogens is 477 g/mol. The minimum absolute atomic E-state index is 0.249. The zero-order valence-electron chi connectivity index (χ0n) is 17.1. The van der Waals surface area contributed by atoms with Gasteiger partial charge in [-0.15, -0.1) is 11.3 Å². The third-order valence-electron chi connectivity index (χ3n) is 4.81. The highest BCUT2D eigenvalue weighted by Gasteiger charge is 2.39. The number of alkyl halides is 3. The third-order valence-corrected chi connectivity index (χ3v) is 7.09. The van der Waals surface area contributed by atoms with E-state index in [1.165, 1.54) is 17.4 Å². The van der Waals surface area contributed by atoms with Crippen molar-refractivity contribution in [3.05, 3.63) is 53.4 Å². The molecule has 0 fully saturated rings. The van der Waals surface area contributed by atoms with E-state index in [9.17, 15) is 26.9 Å². The predicted octanol–water partition coefficient (Wildman–Crippen LogP) is 3.95. The Bertz CT molecular complexity index is 1470. The quantitative estimate of drug-likeness (QED) is 0.451. The van der Waals surface area contributed by atoms with Crippen LogP contribution in [0, 0.1) is 18.3 Å². The Labute approximate surface area is 190 Å². The van der Waals surface area contributed by atoms with Crippen LogP contribution in [0.2, 0.25) is 0 Å². The SMILES string of the molecule is Cc1cnc2c(c1)c(C#N)c(-c1ccc(S(=O)(=O)N[C@@H](C)C(F)(F)F)cn1)n2-c1cncs1. The standard InChI is InChI=1S/C20H15F3N6O2S2/c1-11-5-14-15(6-24)18(29(19(14)27-7-11)17-9-25-10-32-17)16-4-3-13(8-26-16)33(30,31)28-12(2)20(21,22)23/h3-5,7-10,12,28H,1-2H3/t12-/m0/s1. The summed E-state index contributed by atoms with van der Waals surface area (Å²) in [6.45, 7) is 2.55. The Kier molecular flexibility index (Phi) is 5.69. The lowest BCUT2D eigenvalue weighted by atomic mass is 10.1. The second-order valence-electron chi connectivity index (χ2n) is 7.16. The number of hydrogen-bond donors (Lipinski definition) is 1. The molecule has 4 aromatic heterocycles. The monoisotopic (exact) mass is 492 g/mol. The summed E-state index contributed by atoms with van der Waals surface area (Å²) in [4.78, 5) is 12.3. The first kappa shape index (κ1) is 22.8. The lowest BCUT2D eigenvalue weighted by molar-refractivity contribution is -0.147. The topological polar surface area (TPSA) is 114 Å². The van der Waals surface area contributed by atoms with Crippen LogP contribution in [0.3, 0.4) is 0 Å². The molecule has 8 nitrogen and oxygen atoms in total. The van der Waals surface area contributed by atoms with Gasteiger partial charge in [-0.1, -0.05) is 0 Å². The van der Waals surface area contributed by atoms with E-state index in [-0.39, 0.29) is 11.3 Å². The van der Waals surface area contributed by atoms with Crippen LogP contribution in [0.1, 0.15) is 18.1 Å². The Balaban J connectivity index is 1.85. The van der Waals surface area contributed by atoms with Crippen LogP contribution in [0.5, 0.6) is 0 Å². The number of aryl methyl sites for hydroxylation is 1. The van der Waals surface area contributed by atoms with E-state index in [4.69, 9.17) is 0 Å². The van der Waals surface area contributed by atoms with Crippen LogP contribution >= 0.6 is 11.3 Å². The predicted molar refractivity (Wildman–Crippen MR) is 115 cm³/mol. The molecule has 0 amide bonds. The van der Waals surface area contributed by atoms with Gasteiger partial charge in [0.05, 0.1) is 28.7 Å². The van der Waals surface area contributed by atoms with E-state index in [2.05, 4.69) is 21.0 Å². The van der Waals surface area contributed by atoms with Crippen molar-refractivity contribution in [3.63, 3.8) is 0 Å². The minimum atomic E-state index is -4.73. The molecular formula is C20H15F3N6O2S2. The lowest BCUT2D eigenvalue weighted by Gasteiger charge is -2.17. The van der Waals surface area contributed by atoms with Gasteiger partial charge in [-0.05, 0) is 37.6 Å². The highest BCUT2D eigenvalue weighted by Crippen LogP contribution is 2.36. The molecule has 0 saturated heterocycles. The van der Waals surface area contributed by atoms with Crippen molar-refractivity contribution >= 4 is 32.4 Å². The van der Waals surface area contributed by atoms with E-state index < -0.39 is 27.1 Å². The van der Waals surface area contributed by atoms with Gasteiger partial charge in [0.2, 0.25) is 10.0 Å². The summed E-state index contributed by atoms with van der Waals surface area (Å²) in [6, 6.07) is 4.18. The molecule has 0 aliphatic rings. The first-order valence-electron chi connectivity index (χ1n) is 9.38. The fourth-order valence-electron chi connectivity index (χ4n) is 3.21. The van der Waals surface area contributed by atoms with Gasteiger partial charge in [0.25, 0.3) is 0 Å². The molecule has 0 aliphatic carbocycles. The van der Waals surface area contributed by atoms with Crippen molar-refractivity contribution in [2.75, 3.05) is 0 Å². The highest BCUT2D eigenvalue weighted by molar-refractivity contribution is 7.89. The second-order valence-corrected chi connectivity index (χ2v) is 9.74. The van der Waals surface area contributed by atoms with Gasteiger partial charge >= 0.3 is 6.18 Å². The van der Waals surface area contributed by atoms with Gasteiger partial charge in [-0.3, -0.25) is 14.5 Å². The maximum atomic E-state index is 12.8. The molecule has 33 heavy (non-hydrogen) atoms. The number of hydrogen-bond acceptors (Lipinski definition) is 7. The summed E-state index contributed by atoms with van der Waals surface area (Å²) in [5.74, 6) is 0. The molecule has 1 N–H and O–H groups in total. The van der Waals surface area contributed by atoms with Gasteiger partial charge in [0.1, 0.15) is 27.7 Å². The van der Waals surface area contributed by atoms with Crippen molar-refractivity contribution in [2.45, 2.75) is 31.0 Å². The average Bonchev–Trinajstić information content (AvgIpc) is 3.38. The molecule has 0 radical (unpaired) electrons. The van der Waals surface area contributed by atoms with E-state index >= 15 is 0 Å². The Morgan fingerprint density at radius 3 is 2.55 bits per heavy atom. The second kappa shape index (κ2) is 8.22. The number of halogens is 3. The maximum absolute atomic E-state index is 12.8. The summed E-state index contributed by atoms with van der Waals surface area (Å²) in [7, 11) is -4.47. The molecule has 1 atom stereocenters. The molecule has 4 aromatic rings. The largest absolute Gasteiger partial charge is 0.404 e. The van der Waals surface area contributed by atoms with Crippen molar-refractivity contribution in [1.29, 1.82) is 5.26 Å². The van der Waals surface area contributed by atoms with Crippen molar-refractivity contribution in [2.24, 2.45) is 0 Å². The van der Waals surface area contributed by atoms with E-state index in [1.807, 2.05) is 13.0 Å². The van der Waals surface area contributed by atoms with Crippen molar-refractivity contribution in [1.82, 2.24) is 24.2 Å². The summed E-state index contributed by atoms with van der Waals surface area (Å²) in [5, 5.41) is 11.1. The lowest BCUT2D eigenvalue weighted by Crippen LogP contribution is -2.42. The van der Waals surface area contributed by atoms with Crippen LogP contribution in [-0.4, -0.2) is 40.2 Å². The number of rotatable bonds is 5. The van der Waals surface area contributed by atoms with Crippen LogP contribution in [0.25, 0.3) is 27.4 Å². The maximum Gasteiger partial charge on any atom is 0.404 e. The summed E-state index contributed by atoms with van der Waals surface area (Å²) >= 11 is 1.31. The van der Waals surface area contributed by atoms with E-state index in [1.54, 1.807) is 27.2 Å². The third kappa shape index (κ3) is 4.20. The van der Waals surface area contributed by atoms with Gasteiger partial charge in [-0.25, -0.2) is 13.4 Å². The normalized spacial score (nSPS) is 13.2. The minimum Gasteiger partial charge on any atom is -0.281 e. The summed E-state index contributed by atoms with van der Waals surface area (Å²) < 4.78 is 66.4. The molecule has 170 valence electrons. The van der Waals surface area contributed by atoms with Crippen molar-refractivity contribution < 1.29 is 21.6 Å². The first-order chi connectivity index (χ1) is 15.5. The molecule has 0 saturated carbocycles. The molecule has 0 spiro atoms. The van der Waals surface area contributed by atoms with Crippen LogP contribution in [0.15, 0.2) is 47.2 Å². The number of aromatic nitrogens is 4. The number of thiazole rings is 1. The van der Waals surface area contributed by atoms with Crippen LogP contribution < -0.4 is 4.72 Å². The molecule has 0 unspecified atom stereocenters. The van der Waals surface area contributed by atoms with Gasteiger partial charge < -0.3 is 0 Å². The molecule has 0 bridgehead atoms. The fourth-order valence-corrected chi connectivity index (χ4v) is 5.01. The Hall–Kier alpha value is -3.34. The number of nitrogens with one attached hydrogen (secondary N) is 1. The Morgan fingerprint density at radius 1 is 1.21 bits per heavy atom. The van der Waals surface area contributed by atoms with Gasteiger partial charge in [0.15, 0.2) is 0 Å². The highest BCUT2D eigenvalue weighted by atomic mass is 32.2. The van der Waals surface area contributed by atoms with Crippen LogP contribution in [-0.2, 0) is 10.0 Å². The zero-order chi connectivity index (χ0) is 24.0. The molecule has 13 heteroatoms. The van der Waals surface area contributed by atoms with Crippen LogP contribution in [0.4, 0.5) is 13.2 Å². The average molecular weight is 493 g/mol. The molecule has 0 aliphatic heterocycles. The fraction of sp³-hybridized carbons (Fsp3) is 0.200. The number of pyridine rings is 2. The number of nitrogens with zero attached hydrogens (tertiary/aromatic N) is 5. The summed E-state index contributed by atoms with van der Waals surface area (Å²) in [5.41, 5.74) is 3.85. The summed E-state index contributed by atoms with van der Waals surface area (Å²) in [6.07, 6.45) is -0.531. The number of fused-ring (bicyclic) bond motifs is 1. The first-order valence-corrected chi connectivity index (χ1v) is 11.7. The molecule has 4 heterocycles. The van der Waals surface area contributed by atoms with E-state index in [0.29, 0.717) is 28.7 Å². The number of sulfonamides is 1. The Morgan fingerprint density at radius 2 is 1.97 bits per heavy atom. The van der Waals surface area contributed by atoms with Gasteiger partial charge in [0, 0.05) is 17.8 Å². The van der Waals surface area contributed by atoms with Gasteiger partial charge in [-0.2, -0.15) is 23.2 Å². The smallest absolute Gasteiger partial charge is 0.281 e.